The third-order valence-corrected chi connectivity index (χ3v) is 7.83. The number of carbonyl (C=O) groups excluding carboxylic acids is 2. The second kappa shape index (κ2) is 11.0. The summed E-state index contributed by atoms with van der Waals surface area (Å²) >= 11 is 0. The number of hydrogen-bond donors (Lipinski definition) is 2. The van der Waals surface area contributed by atoms with E-state index >= 15 is 0 Å². The van der Waals surface area contributed by atoms with Crippen molar-refractivity contribution in [3.63, 3.8) is 0 Å². The molecule has 2 aromatic rings. The highest BCUT2D eigenvalue weighted by Gasteiger charge is 2.36. The number of likely N-dealkylation sites (tertiary alicyclic amines) is 2. The number of carbonyl (C=O) groups is 2. The summed E-state index contributed by atoms with van der Waals surface area (Å²) in [6.07, 6.45) is 2.98. The number of β-amino-alcohol motifs (C(OH)–C–C–N with tert-alkyl or cyclic N) is 1. The predicted molar refractivity (Wildman–Crippen MR) is 136 cm³/mol. The molecule has 37 heavy (non-hydrogen) atoms. The fourth-order valence-electron chi connectivity index (χ4n) is 5.73. The smallest absolute Gasteiger partial charge is 0.409 e. The van der Waals surface area contributed by atoms with Gasteiger partial charge in [-0.25, -0.2) is 14.2 Å². The monoisotopic (exact) mass is 511 g/mol. The predicted octanol–water partition coefficient (Wildman–Crippen LogP) is 2.50. The zero-order valence-corrected chi connectivity index (χ0v) is 21.1. The maximum Gasteiger partial charge on any atom is 0.409 e. The molecule has 3 aliphatic heterocycles. The van der Waals surface area contributed by atoms with E-state index in [0.717, 1.165) is 25.7 Å². The van der Waals surface area contributed by atoms with Crippen molar-refractivity contribution in [3.05, 3.63) is 59.0 Å². The first-order valence-corrected chi connectivity index (χ1v) is 13.0. The molecule has 9 nitrogen and oxygen atoms in total. The second-order valence-electron chi connectivity index (χ2n) is 10.1. The molecule has 0 saturated carbocycles. The number of nitrogens with one attached hydrogen (secondary N) is 1. The zero-order chi connectivity index (χ0) is 25.9. The van der Waals surface area contributed by atoms with Crippen molar-refractivity contribution in [1.82, 2.24) is 19.7 Å². The average Bonchev–Trinajstić information content (AvgIpc) is 2.93. The molecular formula is C27H34FN5O4. The molecule has 1 aromatic carbocycles. The van der Waals surface area contributed by atoms with Crippen molar-refractivity contribution in [2.75, 3.05) is 45.2 Å². The molecule has 0 aliphatic carbocycles. The van der Waals surface area contributed by atoms with Crippen LogP contribution in [0.2, 0.25) is 0 Å². The van der Waals surface area contributed by atoms with Crippen molar-refractivity contribution in [1.29, 1.82) is 0 Å². The van der Waals surface area contributed by atoms with Gasteiger partial charge < -0.3 is 25.0 Å². The number of halogens is 1. The molecule has 2 amide bonds. The standard InChI is InChI=1S/C27H34FN5O4/c1-37-27(36)31-11-7-20(8-12-31)30-25-14-21(22(28)15-29-25)26(35)33-13-9-23(24(34)17-33)32-10-6-18-4-2-3-5-19(18)16-32/h2-5,14-15,20,23-24,34H,6-13,16-17H2,1H3,(H,29,30)/t23-,24-/m0/s1. The van der Waals surface area contributed by atoms with Gasteiger partial charge in [-0.3, -0.25) is 9.69 Å². The molecule has 10 heteroatoms. The molecule has 3 aliphatic rings. The lowest BCUT2D eigenvalue weighted by atomic mass is 9.94. The van der Waals surface area contributed by atoms with Crippen molar-refractivity contribution < 1.29 is 23.8 Å². The second-order valence-corrected chi connectivity index (χ2v) is 10.1. The molecular weight excluding hydrogens is 477 g/mol. The van der Waals surface area contributed by atoms with E-state index in [0.29, 0.717) is 44.7 Å². The van der Waals surface area contributed by atoms with Crippen LogP contribution in [0.15, 0.2) is 36.5 Å². The summed E-state index contributed by atoms with van der Waals surface area (Å²) in [5.74, 6) is -0.700. The largest absolute Gasteiger partial charge is 0.453 e. The number of benzene rings is 1. The fourth-order valence-corrected chi connectivity index (χ4v) is 5.73. The van der Waals surface area contributed by atoms with Crippen molar-refractivity contribution >= 4 is 17.8 Å². The molecule has 4 heterocycles. The Balaban J connectivity index is 1.19. The number of rotatable bonds is 4. The van der Waals surface area contributed by atoms with Gasteiger partial charge in [0.25, 0.3) is 5.91 Å². The number of fused-ring (bicyclic) bond motifs is 1. The zero-order valence-electron chi connectivity index (χ0n) is 21.1. The first-order valence-electron chi connectivity index (χ1n) is 13.0. The lowest BCUT2D eigenvalue weighted by molar-refractivity contribution is -0.0138. The van der Waals surface area contributed by atoms with E-state index in [1.54, 1.807) is 4.90 Å². The van der Waals surface area contributed by atoms with E-state index in [1.165, 1.54) is 29.2 Å². The van der Waals surface area contributed by atoms with Crippen LogP contribution in [0.25, 0.3) is 0 Å². The van der Waals surface area contributed by atoms with E-state index in [4.69, 9.17) is 4.74 Å². The van der Waals surface area contributed by atoms with Gasteiger partial charge >= 0.3 is 6.09 Å². The normalized spacial score (nSPS) is 22.9. The molecule has 2 N–H and O–H groups in total. The first-order chi connectivity index (χ1) is 17.9. The van der Waals surface area contributed by atoms with Gasteiger partial charge in [0.1, 0.15) is 5.82 Å². The number of nitrogens with zero attached hydrogens (tertiary/aromatic N) is 4. The van der Waals surface area contributed by atoms with Crippen LogP contribution in [0.3, 0.4) is 0 Å². The highest BCUT2D eigenvalue weighted by Crippen LogP contribution is 2.27. The Hall–Kier alpha value is -3.24. The van der Waals surface area contributed by atoms with Gasteiger partial charge in [0, 0.05) is 51.4 Å². The number of hydrogen-bond acceptors (Lipinski definition) is 7. The molecule has 1 aromatic heterocycles. The number of piperidine rings is 2. The number of methoxy groups -OCH3 is 1. The Kier molecular flexibility index (Phi) is 7.57. The lowest BCUT2D eigenvalue weighted by Crippen LogP contribution is -2.56. The van der Waals surface area contributed by atoms with Gasteiger partial charge in [0.15, 0.2) is 5.82 Å². The van der Waals surface area contributed by atoms with Crippen molar-refractivity contribution in [2.45, 2.75) is 50.4 Å². The maximum atomic E-state index is 14.7. The van der Waals surface area contributed by atoms with E-state index in [1.807, 2.05) is 6.07 Å². The van der Waals surface area contributed by atoms with E-state index in [-0.39, 0.29) is 30.3 Å². The summed E-state index contributed by atoms with van der Waals surface area (Å²) in [7, 11) is 1.36. The lowest BCUT2D eigenvalue weighted by Gasteiger charge is -2.43. The van der Waals surface area contributed by atoms with Gasteiger partial charge in [-0.05, 0) is 42.9 Å². The van der Waals surface area contributed by atoms with E-state index in [9.17, 15) is 19.1 Å². The minimum atomic E-state index is -0.703. The van der Waals surface area contributed by atoms with Gasteiger partial charge in [-0.15, -0.1) is 0 Å². The Bertz CT molecular complexity index is 1140. The number of aromatic nitrogens is 1. The van der Waals surface area contributed by atoms with Crippen molar-refractivity contribution in [2.24, 2.45) is 0 Å². The molecule has 0 spiro atoms. The molecule has 2 fully saturated rings. The third-order valence-electron chi connectivity index (χ3n) is 7.83. The van der Waals surface area contributed by atoms with Gasteiger partial charge in [-0.2, -0.15) is 0 Å². The highest BCUT2D eigenvalue weighted by atomic mass is 19.1. The molecule has 0 radical (unpaired) electrons. The highest BCUT2D eigenvalue weighted by molar-refractivity contribution is 5.95. The molecule has 0 bridgehead atoms. The topological polar surface area (TPSA) is 98.2 Å². The molecule has 5 rings (SSSR count). The Morgan fingerprint density at radius 3 is 2.54 bits per heavy atom. The van der Waals surface area contributed by atoms with Crippen molar-refractivity contribution in [3.8, 4) is 0 Å². The SMILES string of the molecule is COC(=O)N1CCC(Nc2cc(C(=O)N3CC[C@H](N4CCc5ccccc5C4)[C@@H](O)C3)c(F)cn2)CC1. The molecule has 198 valence electrons. The fraction of sp³-hybridized carbons (Fsp3) is 0.519. The number of ether oxygens (including phenoxy) is 1. The maximum absolute atomic E-state index is 14.7. The summed E-state index contributed by atoms with van der Waals surface area (Å²) in [5.41, 5.74) is 2.59. The van der Waals surface area contributed by atoms with Crippen LogP contribution in [0, 0.1) is 5.82 Å². The summed E-state index contributed by atoms with van der Waals surface area (Å²) in [5, 5.41) is 14.2. The number of aliphatic hydroxyl groups excluding tert-OH is 1. The van der Waals surface area contributed by atoms with Crippen LogP contribution < -0.4 is 5.32 Å². The number of amides is 2. The summed E-state index contributed by atoms with van der Waals surface area (Å²) in [6, 6.07) is 9.85. The Morgan fingerprint density at radius 1 is 1.08 bits per heavy atom. The van der Waals surface area contributed by atoms with Gasteiger partial charge in [0.2, 0.25) is 0 Å². The molecule has 0 unspecified atom stereocenters. The summed E-state index contributed by atoms with van der Waals surface area (Å²) in [6.45, 7) is 3.38. The quantitative estimate of drug-likeness (QED) is 0.651. The summed E-state index contributed by atoms with van der Waals surface area (Å²) < 4.78 is 19.4. The summed E-state index contributed by atoms with van der Waals surface area (Å²) in [4.78, 5) is 34.5. The molecule has 2 saturated heterocycles. The van der Waals surface area contributed by atoms with E-state index in [2.05, 4.69) is 33.4 Å². The molecule has 2 atom stereocenters. The third kappa shape index (κ3) is 5.55. The minimum Gasteiger partial charge on any atom is -0.453 e. The van der Waals surface area contributed by atoms with Gasteiger partial charge in [0.05, 0.1) is 25.0 Å². The van der Waals surface area contributed by atoms with Crippen LogP contribution in [-0.4, -0.2) is 94.8 Å². The average molecular weight is 512 g/mol. The van der Waals surface area contributed by atoms with Crippen LogP contribution in [0.1, 0.15) is 40.7 Å². The Morgan fingerprint density at radius 2 is 1.81 bits per heavy atom. The van der Waals surface area contributed by atoms with E-state index < -0.39 is 17.8 Å². The minimum absolute atomic E-state index is 0.0345. The number of pyridine rings is 1. The van der Waals surface area contributed by atoms with Gasteiger partial charge in [-0.1, -0.05) is 24.3 Å². The number of aliphatic hydroxyl groups is 1. The van der Waals surface area contributed by atoms with Crippen LogP contribution >= 0.6 is 0 Å². The van der Waals surface area contributed by atoms with Crippen LogP contribution in [0.5, 0.6) is 0 Å². The van der Waals surface area contributed by atoms with Crippen LogP contribution in [-0.2, 0) is 17.7 Å². The van der Waals surface area contributed by atoms with Crippen LogP contribution in [0.4, 0.5) is 15.0 Å². The number of anilines is 1. The first kappa shape index (κ1) is 25.4. The Labute approximate surface area is 216 Å².